The van der Waals surface area contributed by atoms with Crippen LogP contribution in [0.2, 0.25) is 0 Å². The Morgan fingerprint density at radius 1 is 1.14 bits per heavy atom. The summed E-state index contributed by atoms with van der Waals surface area (Å²) < 4.78 is 11.2. The number of nitrogens with one attached hydrogen (secondary N) is 1. The van der Waals surface area contributed by atoms with Crippen molar-refractivity contribution in [3.63, 3.8) is 0 Å². The molecule has 0 radical (unpaired) electrons. The van der Waals surface area contributed by atoms with Gasteiger partial charge in [-0.15, -0.1) is 0 Å². The molecular formula is C17H29NO3. The highest BCUT2D eigenvalue weighted by Crippen LogP contribution is 2.29. The van der Waals surface area contributed by atoms with E-state index in [2.05, 4.69) is 12.2 Å². The van der Waals surface area contributed by atoms with E-state index >= 15 is 0 Å². The molecule has 0 aliphatic carbocycles. The first-order chi connectivity index (χ1) is 10.1. The maximum absolute atomic E-state index is 10.3. The summed E-state index contributed by atoms with van der Waals surface area (Å²) in [6.07, 6.45) is 2.46. The molecule has 1 rings (SSSR count). The van der Waals surface area contributed by atoms with Crippen LogP contribution in [-0.4, -0.2) is 31.0 Å². The summed E-state index contributed by atoms with van der Waals surface area (Å²) in [5, 5.41) is 13.6. The van der Waals surface area contributed by atoms with E-state index < -0.39 is 5.60 Å². The molecule has 0 aromatic heterocycles. The number of ether oxygens (including phenoxy) is 2. The summed E-state index contributed by atoms with van der Waals surface area (Å²) in [6.45, 7) is 8.18. The fourth-order valence-electron chi connectivity index (χ4n) is 2.02. The Morgan fingerprint density at radius 3 is 2.43 bits per heavy atom. The Bertz CT molecular complexity index is 416. The zero-order valence-electron chi connectivity index (χ0n) is 13.7. The van der Waals surface area contributed by atoms with Gasteiger partial charge in [0.05, 0.1) is 12.7 Å². The second kappa shape index (κ2) is 8.90. The van der Waals surface area contributed by atoms with Crippen molar-refractivity contribution in [2.75, 3.05) is 20.3 Å². The number of hydrogen-bond donors (Lipinski definition) is 2. The zero-order chi connectivity index (χ0) is 15.7. The number of benzene rings is 1. The van der Waals surface area contributed by atoms with Crippen LogP contribution in [0.1, 0.15) is 45.6 Å². The van der Waals surface area contributed by atoms with Crippen LogP contribution in [0, 0.1) is 0 Å². The van der Waals surface area contributed by atoms with Crippen LogP contribution >= 0.6 is 0 Å². The van der Waals surface area contributed by atoms with Crippen LogP contribution in [0.5, 0.6) is 11.5 Å². The molecule has 0 fully saturated rings. The van der Waals surface area contributed by atoms with Gasteiger partial charge < -0.3 is 19.9 Å². The lowest BCUT2D eigenvalue weighted by atomic mass is 9.99. The number of aliphatic hydroxyl groups is 1. The van der Waals surface area contributed by atoms with Gasteiger partial charge in [-0.2, -0.15) is 0 Å². The number of rotatable bonds is 10. The summed E-state index contributed by atoms with van der Waals surface area (Å²) >= 11 is 0. The standard InChI is InChI=1S/C17H29NO3/c1-5-10-18-12-14-8-9-15(16(11-14)20-4)21-13-17(19,6-2)7-3/h8-9,11,18-19H,5-7,10,12-13H2,1-4H3. The van der Waals surface area contributed by atoms with E-state index in [0.29, 0.717) is 24.3 Å². The van der Waals surface area contributed by atoms with Crippen molar-refractivity contribution < 1.29 is 14.6 Å². The molecule has 0 aliphatic rings. The molecule has 0 aliphatic heterocycles. The van der Waals surface area contributed by atoms with Crippen LogP contribution in [0.4, 0.5) is 0 Å². The molecule has 4 heteroatoms. The molecule has 0 saturated carbocycles. The van der Waals surface area contributed by atoms with E-state index in [1.54, 1.807) is 7.11 Å². The molecule has 1 aromatic carbocycles. The van der Waals surface area contributed by atoms with E-state index in [4.69, 9.17) is 9.47 Å². The largest absolute Gasteiger partial charge is 0.493 e. The normalized spacial score (nSPS) is 11.5. The predicted molar refractivity (Wildman–Crippen MR) is 86.0 cm³/mol. The van der Waals surface area contributed by atoms with Crippen molar-refractivity contribution in [2.24, 2.45) is 0 Å². The van der Waals surface area contributed by atoms with Crippen molar-refractivity contribution in [2.45, 2.75) is 52.2 Å². The van der Waals surface area contributed by atoms with Crippen molar-refractivity contribution in [3.05, 3.63) is 23.8 Å². The number of hydrogen-bond acceptors (Lipinski definition) is 4. The summed E-state index contributed by atoms with van der Waals surface area (Å²) in [5.41, 5.74) is 0.390. The minimum atomic E-state index is -0.771. The Morgan fingerprint density at radius 2 is 1.86 bits per heavy atom. The van der Waals surface area contributed by atoms with Gasteiger partial charge in [-0.05, 0) is 43.5 Å². The highest BCUT2D eigenvalue weighted by atomic mass is 16.5. The molecule has 21 heavy (non-hydrogen) atoms. The number of methoxy groups -OCH3 is 1. The van der Waals surface area contributed by atoms with E-state index in [0.717, 1.165) is 25.1 Å². The maximum Gasteiger partial charge on any atom is 0.161 e. The maximum atomic E-state index is 10.3. The van der Waals surface area contributed by atoms with Gasteiger partial charge in [-0.1, -0.05) is 26.8 Å². The van der Waals surface area contributed by atoms with Gasteiger partial charge in [0.15, 0.2) is 11.5 Å². The van der Waals surface area contributed by atoms with Crippen LogP contribution in [0.3, 0.4) is 0 Å². The quantitative estimate of drug-likeness (QED) is 0.651. The predicted octanol–water partition coefficient (Wildman–Crippen LogP) is 3.12. The highest BCUT2D eigenvalue weighted by molar-refractivity contribution is 5.43. The molecule has 0 unspecified atom stereocenters. The molecular weight excluding hydrogens is 266 g/mol. The second-order valence-electron chi connectivity index (χ2n) is 5.38. The molecule has 0 spiro atoms. The third-order valence-electron chi connectivity index (χ3n) is 3.80. The van der Waals surface area contributed by atoms with Gasteiger partial charge in [0, 0.05) is 6.54 Å². The van der Waals surface area contributed by atoms with E-state index in [-0.39, 0.29) is 6.61 Å². The summed E-state index contributed by atoms with van der Waals surface area (Å²) in [6, 6.07) is 5.92. The van der Waals surface area contributed by atoms with E-state index in [9.17, 15) is 5.11 Å². The summed E-state index contributed by atoms with van der Waals surface area (Å²) in [5.74, 6) is 1.39. The average Bonchev–Trinajstić information content (AvgIpc) is 2.53. The van der Waals surface area contributed by atoms with Gasteiger partial charge in [0.25, 0.3) is 0 Å². The molecule has 0 bridgehead atoms. The van der Waals surface area contributed by atoms with Crippen molar-refractivity contribution in [3.8, 4) is 11.5 Å². The smallest absolute Gasteiger partial charge is 0.161 e. The molecule has 0 saturated heterocycles. The van der Waals surface area contributed by atoms with Gasteiger partial charge in [0.2, 0.25) is 0 Å². The molecule has 0 atom stereocenters. The zero-order valence-corrected chi connectivity index (χ0v) is 13.7. The van der Waals surface area contributed by atoms with Crippen molar-refractivity contribution >= 4 is 0 Å². The van der Waals surface area contributed by atoms with Gasteiger partial charge in [0.1, 0.15) is 6.61 Å². The van der Waals surface area contributed by atoms with Crippen LogP contribution in [-0.2, 0) is 6.54 Å². The molecule has 1 aromatic rings. The second-order valence-corrected chi connectivity index (χ2v) is 5.38. The lowest BCUT2D eigenvalue weighted by molar-refractivity contribution is -0.0119. The van der Waals surface area contributed by atoms with Gasteiger partial charge in [-0.3, -0.25) is 0 Å². The topological polar surface area (TPSA) is 50.7 Å². The third kappa shape index (κ3) is 5.56. The monoisotopic (exact) mass is 295 g/mol. The Labute approximate surface area is 128 Å². The molecule has 120 valence electrons. The Kier molecular flexibility index (Phi) is 7.54. The Balaban J connectivity index is 2.70. The van der Waals surface area contributed by atoms with Crippen LogP contribution in [0.15, 0.2) is 18.2 Å². The first kappa shape index (κ1) is 17.8. The van der Waals surface area contributed by atoms with Crippen molar-refractivity contribution in [1.82, 2.24) is 5.32 Å². The van der Waals surface area contributed by atoms with Gasteiger partial charge in [-0.25, -0.2) is 0 Å². The molecule has 0 heterocycles. The average molecular weight is 295 g/mol. The fraction of sp³-hybridized carbons (Fsp3) is 0.647. The third-order valence-corrected chi connectivity index (χ3v) is 3.80. The molecule has 2 N–H and O–H groups in total. The summed E-state index contributed by atoms with van der Waals surface area (Å²) in [4.78, 5) is 0. The minimum absolute atomic E-state index is 0.282. The first-order valence-corrected chi connectivity index (χ1v) is 7.81. The van der Waals surface area contributed by atoms with Crippen LogP contribution < -0.4 is 14.8 Å². The Hall–Kier alpha value is -1.26. The SMILES string of the molecule is CCCNCc1ccc(OCC(O)(CC)CC)c(OC)c1. The van der Waals surface area contributed by atoms with Crippen LogP contribution in [0.25, 0.3) is 0 Å². The first-order valence-electron chi connectivity index (χ1n) is 7.81. The minimum Gasteiger partial charge on any atom is -0.493 e. The highest BCUT2D eigenvalue weighted by Gasteiger charge is 2.23. The summed E-state index contributed by atoms with van der Waals surface area (Å²) in [7, 11) is 1.64. The molecule has 4 nitrogen and oxygen atoms in total. The lowest BCUT2D eigenvalue weighted by Gasteiger charge is -2.25. The lowest BCUT2D eigenvalue weighted by Crippen LogP contribution is -2.34. The molecule has 0 amide bonds. The van der Waals surface area contributed by atoms with E-state index in [1.165, 1.54) is 0 Å². The van der Waals surface area contributed by atoms with Gasteiger partial charge >= 0.3 is 0 Å². The van der Waals surface area contributed by atoms with E-state index in [1.807, 2.05) is 32.0 Å². The fourth-order valence-corrected chi connectivity index (χ4v) is 2.02. The van der Waals surface area contributed by atoms with Crippen molar-refractivity contribution in [1.29, 1.82) is 0 Å².